The maximum atomic E-state index is 12.5. The Balaban J connectivity index is 2.10. The average molecular weight is 279 g/mol. The van der Waals surface area contributed by atoms with Crippen molar-refractivity contribution in [2.75, 3.05) is 5.32 Å². The van der Waals surface area contributed by atoms with Crippen molar-refractivity contribution in [2.45, 2.75) is 26.1 Å². The highest BCUT2D eigenvalue weighted by Crippen LogP contribution is 2.30. The first-order chi connectivity index (χ1) is 9.36. The second-order valence-corrected chi connectivity index (χ2v) is 4.86. The van der Waals surface area contributed by atoms with Gasteiger partial charge in [0.25, 0.3) is 0 Å². The maximum Gasteiger partial charge on any atom is 0.416 e. The standard InChI is InChI=1S/C16H16F3N/c1-11-4-3-5-13(10-11)12(2)20-15-8-6-14(7-9-15)16(17,18)19/h3-10,12,20H,1-2H3. The summed E-state index contributed by atoms with van der Waals surface area (Å²) in [5, 5.41) is 3.20. The molecule has 1 nitrogen and oxygen atoms in total. The van der Waals surface area contributed by atoms with Crippen LogP contribution in [0, 0.1) is 6.92 Å². The van der Waals surface area contributed by atoms with E-state index in [9.17, 15) is 13.2 Å². The summed E-state index contributed by atoms with van der Waals surface area (Å²) in [6.45, 7) is 3.99. The van der Waals surface area contributed by atoms with Gasteiger partial charge < -0.3 is 5.32 Å². The number of nitrogens with one attached hydrogen (secondary N) is 1. The van der Waals surface area contributed by atoms with E-state index in [4.69, 9.17) is 0 Å². The van der Waals surface area contributed by atoms with E-state index in [2.05, 4.69) is 11.4 Å². The van der Waals surface area contributed by atoms with Crippen molar-refractivity contribution in [2.24, 2.45) is 0 Å². The second kappa shape index (κ2) is 5.57. The number of halogens is 3. The van der Waals surface area contributed by atoms with Gasteiger partial charge >= 0.3 is 6.18 Å². The van der Waals surface area contributed by atoms with Crippen molar-refractivity contribution >= 4 is 5.69 Å². The lowest BCUT2D eigenvalue weighted by molar-refractivity contribution is -0.137. The number of alkyl halides is 3. The van der Waals surface area contributed by atoms with Crippen molar-refractivity contribution in [3.8, 4) is 0 Å². The van der Waals surface area contributed by atoms with E-state index in [1.54, 1.807) is 0 Å². The Labute approximate surface area is 116 Å². The predicted octanol–water partition coefficient (Wildman–Crippen LogP) is 5.19. The average Bonchev–Trinajstić information content (AvgIpc) is 2.38. The van der Waals surface area contributed by atoms with Crippen LogP contribution in [0.1, 0.15) is 29.7 Å². The fraction of sp³-hybridized carbons (Fsp3) is 0.250. The number of hydrogen-bond donors (Lipinski definition) is 1. The van der Waals surface area contributed by atoms with Crippen LogP contribution in [-0.2, 0) is 6.18 Å². The highest BCUT2D eigenvalue weighted by molar-refractivity contribution is 5.47. The van der Waals surface area contributed by atoms with E-state index >= 15 is 0 Å². The SMILES string of the molecule is Cc1cccc(C(C)Nc2ccc(C(F)(F)F)cc2)c1. The van der Waals surface area contributed by atoms with Gasteiger partial charge in [0, 0.05) is 11.7 Å². The molecule has 1 unspecified atom stereocenters. The van der Waals surface area contributed by atoms with Crippen molar-refractivity contribution in [3.63, 3.8) is 0 Å². The number of benzene rings is 2. The van der Waals surface area contributed by atoms with Gasteiger partial charge in [0.05, 0.1) is 5.56 Å². The molecule has 0 aliphatic heterocycles. The van der Waals surface area contributed by atoms with Gasteiger partial charge in [-0.1, -0.05) is 29.8 Å². The first-order valence-corrected chi connectivity index (χ1v) is 6.36. The van der Waals surface area contributed by atoms with Crippen molar-refractivity contribution < 1.29 is 13.2 Å². The third-order valence-electron chi connectivity index (χ3n) is 3.14. The van der Waals surface area contributed by atoms with Crippen LogP contribution < -0.4 is 5.32 Å². The third-order valence-corrected chi connectivity index (χ3v) is 3.14. The molecule has 0 aromatic heterocycles. The molecule has 106 valence electrons. The highest BCUT2D eigenvalue weighted by Gasteiger charge is 2.29. The molecule has 2 aromatic rings. The maximum absolute atomic E-state index is 12.5. The van der Waals surface area contributed by atoms with E-state index in [1.807, 2.05) is 32.0 Å². The second-order valence-electron chi connectivity index (χ2n) is 4.86. The Morgan fingerprint density at radius 3 is 2.20 bits per heavy atom. The quantitative estimate of drug-likeness (QED) is 0.815. The zero-order valence-corrected chi connectivity index (χ0v) is 11.3. The van der Waals surface area contributed by atoms with Gasteiger partial charge in [-0.05, 0) is 43.7 Å². The summed E-state index contributed by atoms with van der Waals surface area (Å²) in [5.74, 6) is 0. The number of hydrogen-bond acceptors (Lipinski definition) is 1. The molecule has 0 radical (unpaired) electrons. The van der Waals surface area contributed by atoms with Crippen LogP contribution in [-0.4, -0.2) is 0 Å². The monoisotopic (exact) mass is 279 g/mol. The summed E-state index contributed by atoms with van der Waals surface area (Å²) in [4.78, 5) is 0. The largest absolute Gasteiger partial charge is 0.416 e. The summed E-state index contributed by atoms with van der Waals surface area (Å²) in [6.07, 6.45) is -4.29. The summed E-state index contributed by atoms with van der Waals surface area (Å²) in [7, 11) is 0. The lowest BCUT2D eigenvalue weighted by Crippen LogP contribution is -2.08. The van der Waals surface area contributed by atoms with Crippen molar-refractivity contribution in [3.05, 3.63) is 65.2 Å². The van der Waals surface area contributed by atoms with E-state index in [1.165, 1.54) is 12.1 Å². The van der Waals surface area contributed by atoms with Crippen LogP contribution in [0.25, 0.3) is 0 Å². The van der Waals surface area contributed by atoms with Gasteiger partial charge in [0.1, 0.15) is 0 Å². The van der Waals surface area contributed by atoms with Crippen LogP contribution in [0.3, 0.4) is 0 Å². The molecule has 20 heavy (non-hydrogen) atoms. The molecule has 2 rings (SSSR count). The smallest absolute Gasteiger partial charge is 0.379 e. The fourth-order valence-electron chi connectivity index (χ4n) is 2.03. The Morgan fingerprint density at radius 1 is 1.00 bits per heavy atom. The molecule has 0 saturated carbocycles. The Hall–Kier alpha value is -1.97. The Morgan fingerprint density at radius 2 is 1.65 bits per heavy atom. The topological polar surface area (TPSA) is 12.0 Å². The van der Waals surface area contributed by atoms with E-state index in [0.717, 1.165) is 23.3 Å². The summed E-state index contributed by atoms with van der Waals surface area (Å²) in [6, 6.07) is 13.1. The molecule has 0 bridgehead atoms. The minimum atomic E-state index is -4.29. The molecule has 0 fully saturated rings. The molecule has 0 aliphatic carbocycles. The minimum Gasteiger partial charge on any atom is -0.379 e. The lowest BCUT2D eigenvalue weighted by atomic mass is 10.1. The van der Waals surface area contributed by atoms with Crippen LogP contribution in [0.2, 0.25) is 0 Å². The normalized spacial score (nSPS) is 13.1. The zero-order chi connectivity index (χ0) is 14.8. The van der Waals surface area contributed by atoms with E-state index < -0.39 is 11.7 Å². The van der Waals surface area contributed by atoms with E-state index in [0.29, 0.717) is 5.69 Å². The van der Waals surface area contributed by atoms with Gasteiger partial charge in [0.15, 0.2) is 0 Å². The highest BCUT2D eigenvalue weighted by atomic mass is 19.4. The minimum absolute atomic E-state index is 0.0339. The molecule has 0 heterocycles. The molecule has 0 spiro atoms. The van der Waals surface area contributed by atoms with Gasteiger partial charge in [-0.15, -0.1) is 0 Å². The predicted molar refractivity (Wildman–Crippen MR) is 74.7 cm³/mol. The first-order valence-electron chi connectivity index (χ1n) is 6.36. The van der Waals surface area contributed by atoms with Crippen LogP contribution in [0.5, 0.6) is 0 Å². The fourth-order valence-corrected chi connectivity index (χ4v) is 2.03. The number of rotatable bonds is 3. The molecule has 1 N–H and O–H groups in total. The van der Waals surface area contributed by atoms with Gasteiger partial charge in [-0.3, -0.25) is 0 Å². The van der Waals surface area contributed by atoms with Gasteiger partial charge in [0.2, 0.25) is 0 Å². The molecular formula is C16H16F3N. The zero-order valence-electron chi connectivity index (χ0n) is 11.3. The molecular weight excluding hydrogens is 263 g/mol. The molecule has 0 saturated heterocycles. The van der Waals surface area contributed by atoms with Gasteiger partial charge in [-0.2, -0.15) is 13.2 Å². The first kappa shape index (κ1) is 14.4. The van der Waals surface area contributed by atoms with Crippen LogP contribution >= 0.6 is 0 Å². The molecule has 1 atom stereocenters. The van der Waals surface area contributed by atoms with Crippen molar-refractivity contribution in [1.82, 2.24) is 0 Å². The van der Waals surface area contributed by atoms with Crippen LogP contribution in [0.15, 0.2) is 48.5 Å². The number of aryl methyl sites for hydroxylation is 1. The summed E-state index contributed by atoms with van der Waals surface area (Å²) >= 11 is 0. The van der Waals surface area contributed by atoms with Crippen LogP contribution in [0.4, 0.5) is 18.9 Å². The summed E-state index contributed by atoms with van der Waals surface area (Å²) < 4.78 is 37.4. The molecule has 2 aromatic carbocycles. The van der Waals surface area contributed by atoms with E-state index in [-0.39, 0.29) is 6.04 Å². The molecule has 4 heteroatoms. The van der Waals surface area contributed by atoms with Gasteiger partial charge in [-0.25, -0.2) is 0 Å². The molecule has 0 amide bonds. The third kappa shape index (κ3) is 3.53. The van der Waals surface area contributed by atoms with Crippen molar-refractivity contribution in [1.29, 1.82) is 0 Å². The summed E-state index contributed by atoms with van der Waals surface area (Å²) in [5.41, 5.74) is 2.30. The lowest BCUT2D eigenvalue weighted by Gasteiger charge is -2.17. The Kier molecular flexibility index (Phi) is 4.02. The number of anilines is 1. The Bertz CT molecular complexity index is 573. The molecule has 0 aliphatic rings.